The third-order valence-corrected chi connectivity index (χ3v) is 5.21. The van der Waals surface area contributed by atoms with E-state index in [0.29, 0.717) is 24.7 Å². The third kappa shape index (κ3) is 3.67. The molecule has 0 aromatic carbocycles. The molecular formula is C14H25N3O2S. The summed E-state index contributed by atoms with van der Waals surface area (Å²) in [7, 11) is 0. The van der Waals surface area contributed by atoms with Crippen LogP contribution in [0.1, 0.15) is 32.6 Å². The molecule has 2 unspecified atom stereocenters. The van der Waals surface area contributed by atoms with Crippen molar-refractivity contribution in [1.82, 2.24) is 10.2 Å². The first-order valence-electron chi connectivity index (χ1n) is 7.49. The van der Waals surface area contributed by atoms with Gasteiger partial charge >= 0.3 is 0 Å². The quantitative estimate of drug-likeness (QED) is 0.787. The van der Waals surface area contributed by atoms with E-state index in [0.717, 1.165) is 25.7 Å². The minimum absolute atomic E-state index is 0.0263. The zero-order valence-corrected chi connectivity index (χ0v) is 13.0. The Morgan fingerprint density at radius 2 is 2.10 bits per heavy atom. The lowest BCUT2D eigenvalue weighted by molar-refractivity contribution is -0.141. The van der Waals surface area contributed by atoms with Gasteiger partial charge in [0.15, 0.2) is 0 Å². The third-order valence-electron chi connectivity index (χ3n) is 4.20. The minimum Gasteiger partial charge on any atom is -0.354 e. The molecule has 1 saturated heterocycles. The highest BCUT2D eigenvalue weighted by Gasteiger charge is 2.38. The average molecular weight is 299 g/mol. The Labute approximate surface area is 125 Å². The number of nitrogens with one attached hydrogen (secondary N) is 1. The number of thioether (sulfide) groups is 1. The lowest BCUT2D eigenvalue weighted by Crippen LogP contribution is -2.49. The van der Waals surface area contributed by atoms with Gasteiger partial charge in [-0.1, -0.05) is 19.8 Å². The Bertz CT molecular complexity index is 358. The highest BCUT2D eigenvalue weighted by Crippen LogP contribution is 2.30. The van der Waals surface area contributed by atoms with Crippen molar-refractivity contribution in [3.63, 3.8) is 0 Å². The highest BCUT2D eigenvalue weighted by molar-refractivity contribution is 7.99. The molecule has 1 aliphatic carbocycles. The number of hydrogen-bond donors (Lipinski definition) is 2. The van der Waals surface area contributed by atoms with E-state index in [1.807, 2.05) is 6.92 Å². The normalized spacial score (nSPS) is 24.9. The number of amides is 2. The molecule has 2 fully saturated rings. The second-order valence-electron chi connectivity index (χ2n) is 5.89. The first-order valence-corrected chi connectivity index (χ1v) is 8.65. The van der Waals surface area contributed by atoms with Crippen LogP contribution in [0.4, 0.5) is 0 Å². The SMILES string of the molecule is CC(CN)CNC(=O)C1CSCN1C(=O)C1CCCC1. The number of carbonyl (C=O) groups is 2. The molecule has 1 aliphatic heterocycles. The van der Waals surface area contributed by atoms with Crippen LogP contribution in [0.5, 0.6) is 0 Å². The van der Waals surface area contributed by atoms with Crippen molar-refractivity contribution in [2.24, 2.45) is 17.6 Å². The van der Waals surface area contributed by atoms with E-state index in [-0.39, 0.29) is 29.7 Å². The lowest BCUT2D eigenvalue weighted by atomic mass is 10.1. The summed E-state index contributed by atoms with van der Waals surface area (Å²) in [5, 5.41) is 2.92. The van der Waals surface area contributed by atoms with Gasteiger partial charge in [-0.15, -0.1) is 11.8 Å². The van der Waals surface area contributed by atoms with Gasteiger partial charge in [-0.05, 0) is 25.3 Å². The highest BCUT2D eigenvalue weighted by atomic mass is 32.2. The van der Waals surface area contributed by atoms with Crippen molar-refractivity contribution < 1.29 is 9.59 Å². The predicted octanol–water partition coefficient (Wildman–Crippen LogP) is 0.789. The summed E-state index contributed by atoms with van der Waals surface area (Å²) in [6, 6.07) is -0.293. The topological polar surface area (TPSA) is 75.4 Å². The van der Waals surface area contributed by atoms with Gasteiger partial charge in [0.2, 0.25) is 11.8 Å². The van der Waals surface area contributed by atoms with Gasteiger partial charge in [-0.2, -0.15) is 0 Å². The Morgan fingerprint density at radius 1 is 1.40 bits per heavy atom. The number of hydrogen-bond acceptors (Lipinski definition) is 4. The maximum Gasteiger partial charge on any atom is 0.243 e. The number of nitrogens with two attached hydrogens (primary N) is 1. The molecule has 5 nitrogen and oxygen atoms in total. The van der Waals surface area contributed by atoms with Crippen molar-refractivity contribution in [1.29, 1.82) is 0 Å². The van der Waals surface area contributed by atoms with Gasteiger partial charge in [0.25, 0.3) is 0 Å². The van der Waals surface area contributed by atoms with Gasteiger partial charge in [0, 0.05) is 18.2 Å². The molecule has 0 aromatic rings. The first-order chi connectivity index (χ1) is 9.63. The molecule has 0 spiro atoms. The zero-order valence-electron chi connectivity index (χ0n) is 12.1. The van der Waals surface area contributed by atoms with Crippen molar-refractivity contribution in [2.75, 3.05) is 24.7 Å². The second kappa shape index (κ2) is 7.31. The Morgan fingerprint density at radius 3 is 2.75 bits per heavy atom. The van der Waals surface area contributed by atoms with Crippen LogP contribution in [-0.4, -0.2) is 47.5 Å². The van der Waals surface area contributed by atoms with E-state index >= 15 is 0 Å². The van der Waals surface area contributed by atoms with Crippen LogP contribution in [0, 0.1) is 11.8 Å². The van der Waals surface area contributed by atoms with Crippen molar-refractivity contribution in [3.8, 4) is 0 Å². The van der Waals surface area contributed by atoms with Gasteiger partial charge in [-0.25, -0.2) is 0 Å². The maximum absolute atomic E-state index is 12.5. The molecule has 0 bridgehead atoms. The van der Waals surface area contributed by atoms with Crippen LogP contribution >= 0.6 is 11.8 Å². The van der Waals surface area contributed by atoms with E-state index in [2.05, 4.69) is 5.32 Å². The van der Waals surface area contributed by atoms with Gasteiger partial charge in [-0.3, -0.25) is 9.59 Å². The van der Waals surface area contributed by atoms with Gasteiger partial charge in [0.05, 0.1) is 5.88 Å². The molecule has 2 rings (SSSR count). The molecule has 6 heteroatoms. The van der Waals surface area contributed by atoms with Crippen LogP contribution in [0.15, 0.2) is 0 Å². The molecule has 2 amide bonds. The smallest absolute Gasteiger partial charge is 0.243 e. The van der Waals surface area contributed by atoms with E-state index < -0.39 is 0 Å². The Hall–Kier alpha value is -0.750. The van der Waals surface area contributed by atoms with E-state index in [1.165, 1.54) is 0 Å². The number of nitrogens with zero attached hydrogens (tertiary/aromatic N) is 1. The second-order valence-corrected chi connectivity index (χ2v) is 6.89. The van der Waals surface area contributed by atoms with Crippen LogP contribution in [0.3, 0.4) is 0 Å². The van der Waals surface area contributed by atoms with E-state index in [1.54, 1.807) is 16.7 Å². The van der Waals surface area contributed by atoms with E-state index in [4.69, 9.17) is 5.73 Å². The first kappa shape index (κ1) is 15.6. The molecule has 1 saturated carbocycles. The zero-order chi connectivity index (χ0) is 14.5. The minimum atomic E-state index is -0.293. The fraction of sp³-hybridized carbons (Fsp3) is 0.857. The molecule has 2 aliphatic rings. The molecule has 1 heterocycles. The van der Waals surface area contributed by atoms with Crippen LogP contribution in [0.25, 0.3) is 0 Å². The fourth-order valence-corrected chi connectivity index (χ4v) is 3.92. The summed E-state index contributed by atoms with van der Waals surface area (Å²) in [6.07, 6.45) is 4.25. The van der Waals surface area contributed by atoms with Crippen LogP contribution in [0.2, 0.25) is 0 Å². The Balaban J connectivity index is 1.89. The largest absolute Gasteiger partial charge is 0.354 e. The molecule has 0 aromatic heterocycles. The van der Waals surface area contributed by atoms with Gasteiger partial charge < -0.3 is 16.0 Å². The molecule has 114 valence electrons. The molecule has 20 heavy (non-hydrogen) atoms. The molecule has 0 radical (unpaired) electrons. The van der Waals surface area contributed by atoms with Gasteiger partial charge in [0.1, 0.15) is 6.04 Å². The van der Waals surface area contributed by atoms with Crippen molar-refractivity contribution in [2.45, 2.75) is 38.6 Å². The summed E-state index contributed by atoms with van der Waals surface area (Å²) in [6.45, 7) is 3.15. The monoisotopic (exact) mass is 299 g/mol. The maximum atomic E-state index is 12.5. The van der Waals surface area contributed by atoms with Crippen molar-refractivity contribution >= 4 is 23.6 Å². The summed E-state index contributed by atoms with van der Waals surface area (Å²) < 4.78 is 0. The summed E-state index contributed by atoms with van der Waals surface area (Å²) in [5.74, 6) is 1.93. The molecule has 3 N–H and O–H groups in total. The summed E-state index contributed by atoms with van der Waals surface area (Å²) in [4.78, 5) is 26.5. The standard InChI is InChI=1S/C14H25N3O2S/c1-10(6-15)7-16-13(18)12-8-20-9-17(12)14(19)11-4-2-3-5-11/h10-12H,2-9,15H2,1H3,(H,16,18). The number of rotatable bonds is 5. The lowest BCUT2D eigenvalue weighted by Gasteiger charge is -2.26. The number of carbonyl (C=O) groups excluding carboxylic acids is 2. The average Bonchev–Trinajstić information content (AvgIpc) is 3.13. The summed E-state index contributed by atoms with van der Waals surface area (Å²) in [5.41, 5.74) is 5.55. The predicted molar refractivity (Wildman–Crippen MR) is 81.1 cm³/mol. The molecular weight excluding hydrogens is 274 g/mol. The Kier molecular flexibility index (Phi) is 5.72. The van der Waals surface area contributed by atoms with E-state index in [9.17, 15) is 9.59 Å². The fourth-order valence-electron chi connectivity index (χ4n) is 2.76. The van der Waals surface area contributed by atoms with Crippen molar-refractivity contribution in [3.05, 3.63) is 0 Å². The summed E-state index contributed by atoms with van der Waals surface area (Å²) >= 11 is 1.67. The van der Waals surface area contributed by atoms with Crippen LogP contribution in [-0.2, 0) is 9.59 Å². The van der Waals surface area contributed by atoms with Crippen LogP contribution < -0.4 is 11.1 Å². The molecule has 2 atom stereocenters.